The van der Waals surface area contributed by atoms with Crippen molar-refractivity contribution in [2.75, 3.05) is 0 Å². The van der Waals surface area contributed by atoms with Crippen molar-refractivity contribution in [3.63, 3.8) is 0 Å². The first-order valence-electron chi connectivity index (χ1n) is 5.61. The van der Waals surface area contributed by atoms with E-state index in [0.29, 0.717) is 0 Å². The Morgan fingerprint density at radius 3 is 2.53 bits per heavy atom. The topological polar surface area (TPSA) is 63.6 Å². The van der Waals surface area contributed by atoms with E-state index in [-0.39, 0.29) is 24.4 Å². The molecule has 4 nitrogen and oxygen atoms in total. The maximum atomic E-state index is 11.1. The van der Waals surface area contributed by atoms with Gasteiger partial charge in [0, 0.05) is 0 Å². The van der Waals surface area contributed by atoms with Crippen molar-refractivity contribution in [3.8, 4) is 0 Å². The third kappa shape index (κ3) is 2.13. The fourth-order valence-corrected chi connectivity index (χ4v) is 2.69. The van der Waals surface area contributed by atoms with E-state index in [1.54, 1.807) is 0 Å². The average molecular weight is 212 g/mol. The van der Waals surface area contributed by atoms with Gasteiger partial charge >= 0.3 is 11.9 Å². The summed E-state index contributed by atoms with van der Waals surface area (Å²) in [4.78, 5) is 22.1. The number of carbonyl (C=O) groups excluding carboxylic acids is 1. The number of carbonyl (C=O) groups is 2. The number of rotatable bonds is 2. The molecule has 15 heavy (non-hydrogen) atoms. The van der Waals surface area contributed by atoms with Gasteiger partial charge in [-0.25, -0.2) is 0 Å². The first-order valence-corrected chi connectivity index (χ1v) is 5.61. The van der Waals surface area contributed by atoms with Crippen LogP contribution in [0.1, 0.15) is 38.5 Å². The van der Waals surface area contributed by atoms with Crippen LogP contribution in [0.5, 0.6) is 0 Å². The van der Waals surface area contributed by atoms with Gasteiger partial charge in [0.15, 0.2) is 0 Å². The van der Waals surface area contributed by atoms with Gasteiger partial charge < -0.3 is 9.84 Å². The first-order chi connectivity index (χ1) is 7.18. The number of hydrogen-bond donors (Lipinski definition) is 1. The monoisotopic (exact) mass is 212 g/mol. The van der Waals surface area contributed by atoms with E-state index in [9.17, 15) is 9.59 Å². The second-order valence-corrected chi connectivity index (χ2v) is 4.50. The molecule has 1 saturated heterocycles. The summed E-state index contributed by atoms with van der Waals surface area (Å²) >= 11 is 0. The second-order valence-electron chi connectivity index (χ2n) is 4.50. The predicted molar refractivity (Wildman–Crippen MR) is 52.2 cm³/mol. The Morgan fingerprint density at radius 2 is 1.93 bits per heavy atom. The Kier molecular flexibility index (Phi) is 2.93. The van der Waals surface area contributed by atoms with Gasteiger partial charge in [-0.2, -0.15) is 0 Å². The van der Waals surface area contributed by atoms with Gasteiger partial charge in [0.05, 0.1) is 6.42 Å². The molecule has 1 aliphatic heterocycles. The highest BCUT2D eigenvalue weighted by Crippen LogP contribution is 2.36. The molecule has 0 radical (unpaired) electrons. The van der Waals surface area contributed by atoms with E-state index in [4.69, 9.17) is 9.84 Å². The van der Waals surface area contributed by atoms with E-state index in [1.807, 2.05) is 0 Å². The normalized spacial score (nSPS) is 32.7. The van der Waals surface area contributed by atoms with Gasteiger partial charge in [0.25, 0.3) is 0 Å². The van der Waals surface area contributed by atoms with Crippen LogP contribution in [0.3, 0.4) is 0 Å². The molecule has 1 N–H and O–H groups in total. The highest BCUT2D eigenvalue weighted by molar-refractivity contribution is 5.82. The lowest BCUT2D eigenvalue weighted by molar-refractivity contribution is -0.147. The molecule has 1 saturated carbocycles. The molecule has 0 spiro atoms. The predicted octanol–water partition coefficient (Wildman–Crippen LogP) is 1.58. The molecule has 2 aliphatic rings. The Morgan fingerprint density at radius 1 is 1.27 bits per heavy atom. The lowest BCUT2D eigenvalue weighted by atomic mass is 9.80. The smallest absolute Gasteiger partial charge is 0.310 e. The van der Waals surface area contributed by atoms with E-state index in [0.717, 1.165) is 25.7 Å². The standard InChI is InChI=1S/C11H16O4/c12-9-6-8(11(13)14)10(15-9)7-4-2-1-3-5-7/h7-8,10H,1-6H2,(H,13,14)/t8-,10+/m1/s1. The molecule has 0 aromatic carbocycles. The van der Waals surface area contributed by atoms with Gasteiger partial charge in [0.1, 0.15) is 12.0 Å². The van der Waals surface area contributed by atoms with Gasteiger partial charge in [-0.05, 0) is 18.8 Å². The van der Waals surface area contributed by atoms with Crippen molar-refractivity contribution in [3.05, 3.63) is 0 Å². The highest BCUT2D eigenvalue weighted by Gasteiger charge is 2.44. The van der Waals surface area contributed by atoms with Crippen LogP contribution in [-0.4, -0.2) is 23.1 Å². The number of esters is 1. The highest BCUT2D eigenvalue weighted by atomic mass is 16.6. The fraction of sp³-hybridized carbons (Fsp3) is 0.818. The molecule has 2 atom stereocenters. The van der Waals surface area contributed by atoms with E-state index in [1.165, 1.54) is 6.42 Å². The summed E-state index contributed by atoms with van der Waals surface area (Å²) in [6.07, 6.45) is 5.17. The zero-order valence-corrected chi connectivity index (χ0v) is 8.65. The molecule has 2 fully saturated rings. The van der Waals surface area contributed by atoms with Crippen LogP contribution >= 0.6 is 0 Å². The fourth-order valence-electron chi connectivity index (χ4n) is 2.69. The minimum absolute atomic E-state index is 0.0521. The number of cyclic esters (lactones) is 1. The van der Waals surface area contributed by atoms with Crippen LogP contribution in [0.2, 0.25) is 0 Å². The summed E-state index contributed by atoms with van der Waals surface area (Å²) in [5.74, 6) is -1.58. The summed E-state index contributed by atoms with van der Waals surface area (Å²) < 4.78 is 5.15. The molecule has 0 unspecified atom stereocenters. The van der Waals surface area contributed by atoms with Crippen LogP contribution in [0.15, 0.2) is 0 Å². The summed E-state index contributed by atoms with van der Waals surface area (Å²) in [5, 5.41) is 9.00. The van der Waals surface area contributed by atoms with Gasteiger partial charge in [-0.3, -0.25) is 9.59 Å². The summed E-state index contributed by atoms with van der Waals surface area (Å²) in [6, 6.07) is 0. The quantitative estimate of drug-likeness (QED) is 0.706. The van der Waals surface area contributed by atoms with Crippen molar-refractivity contribution >= 4 is 11.9 Å². The molecule has 84 valence electrons. The molecule has 0 amide bonds. The van der Waals surface area contributed by atoms with Crippen LogP contribution in [0.4, 0.5) is 0 Å². The van der Waals surface area contributed by atoms with Crippen LogP contribution in [0, 0.1) is 11.8 Å². The summed E-state index contributed by atoms with van der Waals surface area (Å²) in [5.41, 5.74) is 0. The largest absolute Gasteiger partial charge is 0.481 e. The average Bonchev–Trinajstić information content (AvgIpc) is 2.62. The molecule has 0 aromatic rings. The van der Waals surface area contributed by atoms with Crippen LogP contribution in [0.25, 0.3) is 0 Å². The Labute approximate surface area is 88.6 Å². The lowest BCUT2D eigenvalue weighted by Gasteiger charge is -2.28. The SMILES string of the molecule is O=C1C[C@@H](C(=O)O)[C@H](C2CCCCC2)O1. The minimum Gasteiger partial charge on any atom is -0.481 e. The number of ether oxygens (including phenoxy) is 1. The van der Waals surface area contributed by atoms with Gasteiger partial charge in [-0.1, -0.05) is 19.3 Å². The molecular weight excluding hydrogens is 196 g/mol. The van der Waals surface area contributed by atoms with E-state index in [2.05, 4.69) is 0 Å². The zero-order chi connectivity index (χ0) is 10.8. The van der Waals surface area contributed by atoms with Crippen molar-refractivity contribution < 1.29 is 19.4 Å². The lowest BCUT2D eigenvalue weighted by Crippen LogP contribution is -2.32. The van der Waals surface area contributed by atoms with Crippen LogP contribution in [-0.2, 0) is 14.3 Å². The molecule has 1 aliphatic carbocycles. The number of carboxylic acid groups (broad SMARTS) is 1. The Balaban J connectivity index is 2.05. The summed E-state index contributed by atoms with van der Waals surface area (Å²) in [6.45, 7) is 0. The minimum atomic E-state index is -0.892. The van der Waals surface area contributed by atoms with Crippen molar-refractivity contribution in [2.45, 2.75) is 44.6 Å². The molecule has 1 heterocycles. The number of hydrogen-bond acceptors (Lipinski definition) is 3. The molecule has 0 bridgehead atoms. The molecule has 2 rings (SSSR count). The molecular formula is C11H16O4. The van der Waals surface area contributed by atoms with Crippen molar-refractivity contribution in [1.29, 1.82) is 0 Å². The maximum Gasteiger partial charge on any atom is 0.310 e. The Bertz CT molecular complexity index is 268. The van der Waals surface area contributed by atoms with Crippen molar-refractivity contribution in [1.82, 2.24) is 0 Å². The number of aliphatic carboxylic acids is 1. The first kappa shape index (κ1) is 10.5. The van der Waals surface area contributed by atoms with Crippen LogP contribution < -0.4 is 0 Å². The molecule has 4 heteroatoms. The third-order valence-corrected chi connectivity index (χ3v) is 3.48. The van der Waals surface area contributed by atoms with E-state index >= 15 is 0 Å². The zero-order valence-electron chi connectivity index (χ0n) is 8.65. The van der Waals surface area contributed by atoms with Gasteiger partial charge in [-0.15, -0.1) is 0 Å². The number of carboxylic acids is 1. The van der Waals surface area contributed by atoms with Gasteiger partial charge in [0.2, 0.25) is 0 Å². The third-order valence-electron chi connectivity index (χ3n) is 3.48. The Hall–Kier alpha value is -1.06. The van der Waals surface area contributed by atoms with E-state index < -0.39 is 11.9 Å². The maximum absolute atomic E-state index is 11.1. The molecule has 0 aromatic heterocycles. The summed E-state index contributed by atoms with van der Waals surface area (Å²) in [7, 11) is 0. The second kappa shape index (κ2) is 4.21. The van der Waals surface area contributed by atoms with Crippen molar-refractivity contribution in [2.24, 2.45) is 11.8 Å².